The van der Waals surface area contributed by atoms with Crippen molar-refractivity contribution in [2.45, 2.75) is 32.1 Å². The number of hydrogen-bond donors (Lipinski definition) is 0. The maximum absolute atomic E-state index is 5.42. The van der Waals surface area contributed by atoms with E-state index >= 15 is 0 Å². The Morgan fingerprint density at radius 2 is 1.08 bits per heavy atom. The highest BCUT2D eigenvalue weighted by Crippen LogP contribution is 2.39. The van der Waals surface area contributed by atoms with Crippen LogP contribution >= 0.6 is 0 Å². The Kier molecular flexibility index (Phi) is 8.63. The van der Waals surface area contributed by atoms with Gasteiger partial charge in [-0.2, -0.15) is 0 Å². The molecule has 0 aliphatic heterocycles. The summed E-state index contributed by atoms with van der Waals surface area (Å²) in [5.74, 6) is 0.657. The van der Waals surface area contributed by atoms with Crippen molar-refractivity contribution in [3.63, 3.8) is 0 Å². The Hall–Kier alpha value is -7.36. The van der Waals surface area contributed by atoms with Crippen LogP contribution in [0.2, 0.25) is 0 Å². The van der Waals surface area contributed by atoms with Gasteiger partial charge in [-0.15, -0.1) is 0 Å². The Morgan fingerprint density at radius 1 is 0.467 bits per heavy atom. The second-order valence-corrected chi connectivity index (χ2v) is 16.7. The molecule has 0 bridgehead atoms. The normalized spacial score (nSPS) is 14.8. The molecule has 0 N–H and O–H groups in total. The number of benzene rings is 8. The van der Waals surface area contributed by atoms with Crippen LogP contribution in [0.3, 0.4) is 0 Å². The molecular weight excluding hydrogens is 727 g/mol. The van der Waals surface area contributed by atoms with Gasteiger partial charge in [-0.25, -0.2) is 9.97 Å². The first kappa shape index (κ1) is 35.8. The second kappa shape index (κ2) is 14.5. The van der Waals surface area contributed by atoms with Crippen LogP contribution in [-0.2, 0) is 11.8 Å². The van der Waals surface area contributed by atoms with Crippen molar-refractivity contribution in [3.05, 3.63) is 211 Å². The fourth-order valence-corrected chi connectivity index (χ4v) is 9.28. The highest BCUT2D eigenvalue weighted by molar-refractivity contribution is 6.10. The van der Waals surface area contributed by atoms with Crippen LogP contribution in [0.25, 0.3) is 94.1 Å². The number of nitrogens with zero attached hydrogens (tertiary/aromatic N) is 3. The molecule has 10 aromatic rings. The van der Waals surface area contributed by atoms with Crippen LogP contribution < -0.4 is 0 Å². The Bertz CT molecular complexity index is 3320. The minimum absolute atomic E-state index is 0.0555. The van der Waals surface area contributed by atoms with Crippen LogP contribution in [0.4, 0.5) is 0 Å². The summed E-state index contributed by atoms with van der Waals surface area (Å²) < 4.78 is 2.25. The van der Waals surface area contributed by atoms with E-state index in [-0.39, 0.29) is 5.41 Å². The number of hydrogen-bond acceptors (Lipinski definition) is 2. The number of para-hydroxylation sites is 2. The zero-order chi connectivity index (χ0) is 40.2. The number of fused-ring (bicyclic) bond motifs is 6. The lowest BCUT2D eigenvalue weighted by molar-refractivity contribution is 0.530. The SMILES string of the molecule is CC1(C)C/C=C\C=C/Cc2ccc(-c3ccc(-c4ccc5c6ccccc6n(-c6nc(-c7ccc(-c8cccc9ccccc89)cc7)c7ccccc7n6)c5c4)cc3)cc21. The van der Waals surface area contributed by atoms with Gasteiger partial charge in [0.2, 0.25) is 5.95 Å². The predicted molar refractivity (Wildman–Crippen MR) is 253 cm³/mol. The van der Waals surface area contributed by atoms with Gasteiger partial charge in [0.25, 0.3) is 0 Å². The highest BCUT2D eigenvalue weighted by Gasteiger charge is 2.23. The third-order valence-electron chi connectivity index (χ3n) is 12.5. The lowest BCUT2D eigenvalue weighted by atomic mass is 9.77. The summed E-state index contributed by atoms with van der Waals surface area (Å²) in [4.78, 5) is 10.7. The Morgan fingerprint density at radius 3 is 1.92 bits per heavy atom. The van der Waals surface area contributed by atoms with Crippen LogP contribution in [0.5, 0.6) is 0 Å². The summed E-state index contributed by atoms with van der Waals surface area (Å²) in [5, 5.41) is 5.87. The van der Waals surface area contributed by atoms with Gasteiger partial charge in [0, 0.05) is 21.7 Å². The molecule has 0 spiro atoms. The molecule has 0 saturated heterocycles. The molecule has 3 heteroatoms. The van der Waals surface area contributed by atoms with Gasteiger partial charge >= 0.3 is 0 Å². The standard InChI is InChI=1S/C57H43N3/c1-57(2)35-12-4-3-5-15-42-29-32-44(36-51(42)57)38-23-25-39(26-24-38)45-33-34-49-48-18-9-11-22-53(48)60(54(49)37-45)56-58-52-21-10-8-19-50(52)55(59-56)43-30-27-41(28-31-43)47-20-13-16-40-14-6-7-17-46(40)47/h3-14,16-34,36-37H,15,35H2,1-2H3/b5-3-,12-4-. The van der Waals surface area contributed by atoms with E-state index in [4.69, 9.17) is 9.97 Å². The van der Waals surface area contributed by atoms with E-state index in [1.54, 1.807) is 0 Å². The number of rotatable bonds is 5. The van der Waals surface area contributed by atoms with Gasteiger partial charge in [0.1, 0.15) is 0 Å². The van der Waals surface area contributed by atoms with Crippen LogP contribution in [-0.4, -0.2) is 14.5 Å². The molecule has 11 rings (SSSR count). The monoisotopic (exact) mass is 769 g/mol. The molecule has 0 saturated carbocycles. The van der Waals surface area contributed by atoms with Crippen LogP contribution in [0.15, 0.2) is 200 Å². The van der Waals surface area contributed by atoms with Gasteiger partial charge in [0.15, 0.2) is 0 Å². The molecule has 60 heavy (non-hydrogen) atoms. The van der Waals surface area contributed by atoms with E-state index in [2.05, 4.69) is 219 Å². The van der Waals surface area contributed by atoms with E-state index < -0.39 is 0 Å². The van der Waals surface area contributed by atoms with Crippen LogP contribution in [0.1, 0.15) is 31.4 Å². The minimum Gasteiger partial charge on any atom is -0.278 e. The number of allylic oxidation sites excluding steroid dienone is 4. The third kappa shape index (κ3) is 6.22. The van der Waals surface area contributed by atoms with E-state index in [1.165, 1.54) is 60.5 Å². The lowest BCUT2D eigenvalue weighted by Crippen LogP contribution is -2.18. The average molecular weight is 770 g/mol. The van der Waals surface area contributed by atoms with Gasteiger partial charge < -0.3 is 0 Å². The van der Waals surface area contributed by atoms with Gasteiger partial charge in [-0.05, 0) is 91.7 Å². The van der Waals surface area contributed by atoms with Crippen LogP contribution in [0, 0.1) is 0 Å². The van der Waals surface area contributed by atoms with Crippen molar-refractivity contribution >= 4 is 43.5 Å². The molecule has 2 heterocycles. The van der Waals surface area contributed by atoms with Crippen molar-refractivity contribution < 1.29 is 0 Å². The van der Waals surface area contributed by atoms with Crippen molar-refractivity contribution in [2.24, 2.45) is 0 Å². The topological polar surface area (TPSA) is 30.7 Å². The quantitative estimate of drug-likeness (QED) is 0.175. The van der Waals surface area contributed by atoms with E-state index in [0.717, 1.165) is 51.6 Å². The van der Waals surface area contributed by atoms with Crippen molar-refractivity contribution in [3.8, 4) is 50.6 Å². The van der Waals surface area contributed by atoms with E-state index in [0.29, 0.717) is 5.95 Å². The molecule has 0 unspecified atom stereocenters. The summed E-state index contributed by atoms with van der Waals surface area (Å²) in [7, 11) is 0. The predicted octanol–water partition coefficient (Wildman–Crippen LogP) is 14.9. The average Bonchev–Trinajstić information content (AvgIpc) is 3.66. The first-order valence-corrected chi connectivity index (χ1v) is 20.9. The summed E-state index contributed by atoms with van der Waals surface area (Å²) in [6.45, 7) is 4.72. The molecule has 0 amide bonds. The number of aromatic nitrogens is 3. The summed E-state index contributed by atoms with van der Waals surface area (Å²) in [6.07, 6.45) is 10.9. The summed E-state index contributed by atoms with van der Waals surface area (Å²) in [5.41, 5.74) is 15.1. The molecular formula is C57H43N3. The first-order valence-electron chi connectivity index (χ1n) is 20.9. The van der Waals surface area contributed by atoms with Gasteiger partial charge in [-0.3, -0.25) is 4.57 Å². The smallest absolute Gasteiger partial charge is 0.235 e. The molecule has 0 fully saturated rings. The van der Waals surface area contributed by atoms with Crippen molar-refractivity contribution in [1.29, 1.82) is 0 Å². The van der Waals surface area contributed by atoms with E-state index in [9.17, 15) is 0 Å². The molecule has 1 aliphatic rings. The maximum Gasteiger partial charge on any atom is 0.235 e. The zero-order valence-electron chi connectivity index (χ0n) is 33.8. The lowest BCUT2D eigenvalue weighted by Gasteiger charge is -2.27. The fourth-order valence-electron chi connectivity index (χ4n) is 9.28. The molecule has 1 aliphatic carbocycles. The highest BCUT2D eigenvalue weighted by atomic mass is 15.2. The van der Waals surface area contributed by atoms with E-state index in [1.807, 2.05) is 0 Å². The fraction of sp³-hybridized carbons (Fsp3) is 0.0877. The zero-order valence-corrected chi connectivity index (χ0v) is 33.8. The van der Waals surface area contributed by atoms with Crippen molar-refractivity contribution in [2.75, 3.05) is 0 Å². The second-order valence-electron chi connectivity index (χ2n) is 16.7. The Labute approximate surface area is 350 Å². The van der Waals surface area contributed by atoms with Crippen molar-refractivity contribution in [1.82, 2.24) is 14.5 Å². The molecule has 0 atom stereocenters. The maximum atomic E-state index is 5.42. The molecule has 8 aromatic carbocycles. The largest absolute Gasteiger partial charge is 0.278 e. The molecule has 2 aromatic heterocycles. The summed E-state index contributed by atoms with van der Waals surface area (Å²) in [6, 6.07) is 63.8. The first-order chi connectivity index (χ1) is 29.5. The Balaban J connectivity index is 1.000. The molecule has 3 nitrogen and oxygen atoms in total. The van der Waals surface area contributed by atoms with Gasteiger partial charge in [0.05, 0.1) is 22.2 Å². The summed E-state index contributed by atoms with van der Waals surface area (Å²) >= 11 is 0. The molecule has 0 radical (unpaired) electrons. The minimum atomic E-state index is 0.0555. The molecule has 286 valence electrons. The van der Waals surface area contributed by atoms with Gasteiger partial charge in [-0.1, -0.05) is 196 Å². The third-order valence-corrected chi connectivity index (χ3v) is 12.5.